The molecule has 1 heterocycles. The largest absolute Gasteiger partial charge is 0.393 e. The predicted molar refractivity (Wildman–Crippen MR) is 52.6 cm³/mol. The first-order valence-electron chi connectivity index (χ1n) is 5.22. The van der Waals surface area contributed by atoms with E-state index >= 15 is 0 Å². The number of ether oxygens (including phenoxy) is 1. The van der Waals surface area contributed by atoms with E-state index in [2.05, 4.69) is 0 Å². The monoisotopic (exact) mass is 204 g/mol. The fourth-order valence-corrected chi connectivity index (χ4v) is 3.23. The van der Waals surface area contributed by atoms with E-state index < -0.39 is 0 Å². The molecule has 0 aromatic heterocycles. The fourth-order valence-electron chi connectivity index (χ4n) is 3.23. The Morgan fingerprint density at radius 1 is 1.07 bits per heavy atom. The Morgan fingerprint density at radius 2 is 1.53 bits per heavy atom. The van der Waals surface area contributed by atoms with Crippen LogP contribution < -0.4 is 0 Å². The molecule has 0 amide bonds. The second kappa shape index (κ2) is 2.60. The Hall–Kier alpha value is -1.38. The van der Waals surface area contributed by atoms with Gasteiger partial charge < -0.3 is 4.74 Å². The molecule has 2 fully saturated rings. The maximum absolute atomic E-state index is 11.5. The van der Waals surface area contributed by atoms with E-state index in [4.69, 9.17) is 4.74 Å². The van der Waals surface area contributed by atoms with Gasteiger partial charge in [-0.3, -0.25) is 9.59 Å². The van der Waals surface area contributed by atoms with Crippen LogP contribution in [0, 0.1) is 23.7 Å². The molecule has 0 aromatic carbocycles. The Kier molecular flexibility index (Phi) is 1.54. The number of cyclic esters (lactones) is 2. The zero-order chi connectivity index (χ0) is 10.7. The topological polar surface area (TPSA) is 43.4 Å². The summed E-state index contributed by atoms with van der Waals surface area (Å²) in [5.74, 6) is -0.913. The molecule has 78 valence electrons. The third kappa shape index (κ3) is 0.907. The Bertz CT molecular complexity index is 394. The number of hydrogen-bond donors (Lipinski definition) is 0. The molecule has 4 unspecified atom stereocenters. The minimum atomic E-state index is -0.333. The Balaban J connectivity index is 2.13. The molecule has 4 atom stereocenters. The van der Waals surface area contributed by atoms with Crippen LogP contribution in [0.3, 0.4) is 0 Å². The van der Waals surface area contributed by atoms with Crippen LogP contribution in [0.15, 0.2) is 23.3 Å². The zero-order valence-corrected chi connectivity index (χ0v) is 8.69. The minimum absolute atomic E-state index is 0.115. The van der Waals surface area contributed by atoms with Crippen molar-refractivity contribution in [1.29, 1.82) is 0 Å². The second-order valence-electron chi connectivity index (χ2n) is 4.68. The highest BCUT2D eigenvalue weighted by Gasteiger charge is 2.60. The van der Waals surface area contributed by atoms with Gasteiger partial charge in [0.25, 0.3) is 0 Å². The number of carbonyl (C=O) groups is 2. The highest BCUT2D eigenvalue weighted by molar-refractivity contribution is 5.99. The molecule has 3 rings (SSSR count). The van der Waals surface area contributed by atoms with E-state index in [1.54, 1.807) is 0 Å². The first-order valence-corrected chi connectivity index (χ1v) is 5.22. The average Bonchev–Trinajstić information content (AvgIpc) is 2.77. The van der Waals surface area contributed by atoms with Crippen LogP contribution in [0.4, 0.5) is 0 Å². The van der Waals surface area contributed by atoms with Crippen molar-refractivity contribution in [3.05, 3.63) is 23.3 Å². The highest BCUT2D eigenvalue weighted by Crippen LogP contribution is 2.55. The van der Waals surface area contributed by atoms with Crippen molar-refractivity contribution < 1.29 is 14.3 Å². The summed E-state index contributed by atoms with van der Waals surface area (Å²) in [5, 5.41) is 0. The number of allylic oxidation sites excluding steroid dienone is 4. The van der Waals surface area contributed by atoms with Crippen LogP contribution in [0.2, 0.25) is 0 Å². The van der Waals surface area contributed by atoms with E-state index in [1.165, 1.54) is 11.1 Å². The van der Waals surface area contributed by atoms with Gasteiger partial charge in [0.1, 0.15) is 0 Å². The van der Waals surface area contributed by atoms with E-state index in [9.17, 15) is 9.59 Å². The maximum Gasteiger partial charge on any atom is 0.318 e. The van der Waals surface area contributed by atoms with Gasteiger partial charge in [0.2, 0.25) is 0 Å². The molecule has 2 aliphatic carbocycles. The van der Waals surface area contributed by atoms with E-state index in [0.717, 1.165) is 0 Å². The van der Waals surface area contributed by atoms with E-state index in [1.807, 2.05) is 26.0 Å². The summed E-state index contributed by atoms with van der Waals surface area (Å²) in [5.41, 5.74) is 2.49. The van der Waals surface area contributed by atoms with Crippen LogP contribution in [0.25, 0.3) is 0 Å². The summed E-state index contributed by atoms with van der Waals surface area (Å²) >= 11 is 0. The SMILES string of the molecule is CC(C)=C1C2C=CC1C1C(=O)OC(=O)C21. The molecule has 2 bridgehead atoms. The molecule has 3 nitrogen and oxygen atoms in total. The van der Waals surface area contributed by atoms with Crippen LogP contribution in [0.5, 0.6) is 0 Å². The van der Waals surface area contributed by atoms with Gasteiger partial charge in [0, 0.05) is 11.8 Å². The third-order valence-electron chi connectivity index (χ3n) is 3.73. The first kappa shape index (κ1) is 8.89. The molecule has 3 aliphatic rings. The van der Waals surface area contributed by atoms with Crippen molar-refractivity contribution in [2.24, 2.45) is 23.7 Å². The molecule has 1 saturated carbocycles. The average molecular weight is 204 g/mol. The zero-order valence-electron chi connectivity index (χ0n) is 8.69. The first-order chi connectivity index (χ1) is 7.11. The van der Waals surface area contributed by atoms with Crippen LogP contribution in [-0.2, 0) is 14.3 Å². The number of rotatable bonds is 0. The van der Waals surface area contributed by atoms with Gasteiger partial charge in [-0.1, -0.05) is 23.3 Å². The Labute approximate surface area is 87.8 Å². The highest BCUT2D eigenvalue weighted by atomic mass is 16.6. The summed E-state index contributed by atoms with van der Waals surface area (Å²) < 4.78 is 4.70. The molecular formula is C12H12O3. The van der Waals surface area contributed by atoms with E-state index in [-0.39, 0.29) is 35.6 Å². The molecule has 0 spiro atoms. The van der Waals surface area contributed by atoms with Crippen LogP contribution in [0.1, 0.15) is 13.8 Å². The molecule has 0 aromatic rings. The lowest BCUT2D eigenvalue weighted by molar-refractivity contribution is -0.154. The standard InChI is InChI=1S/C12H12O3/c1-5(2)8-6-3-4-7(8)10-9(6)11(13)15-12(10)14/h3-4,6-7,9-10H,1-2H3. The fraction of sp³-hybridized carbons (Fsp3) is 0.500. The van der Waals surface area contributed by atoms with Crippen molar-refractivity contribution in [3.8, 4) is 0 Å². The van der Waals surface area contributed by atoms with Gasteiger partial charge in [-0.25, -0.2) is 0 Å². The number of hydrogen-bond acceptors (Lipinski definition) is 3. The van der Waals surface area contributed by atoms with Crippen molar-refractivity contribution in [2.75, 3.05) is 0 Å². The lowest BCUT2D eigenvalue weighted by Gasteiger charge is -2.11. The van der Waals surface area contributed by atoms with Crippen molar-refractivity contribution >= 4 is 11.9 Å². The molecule has 15 heavy (non-hydrogen) atoms. The minimum Gasteiger partial charge on any atom is -0.393 e. The molecule has 0 N–H and O–H groups in total. The normalized spacial score (nSPS) is 41.1. The number of carbonyl (C=O) groups excluding carboxylic acids is 2. The van der Waals surface area contributed by atoms with Gasteiger partial charge in [-0.15, -0.1) is 0 Å². The third-order valence-corrected chi connectivity index (χ3v) is 3.73. The van der Waals surface area contributed by atoms with Crippen molar-refractivity contribution in [3.63, 3.8) is 0 Å². The lowest BCUT2D eigenvalue weighted by atomic mass is 9.85. The summed E-state index contributed by atoms with van der Waals surface area (Å²) in [6.07, 6.45) is 4.10. The lowest BCUT2D eigenvalue weighted by Crippen LogP contribution is -2.21. The van der Waals surface area contributed by atoms with Crippen molar-refractivity contribution in [1.82, 2.24) is 0 Å². The maximum atomic E-state index is 11.5. The van der Waals surface area contributed by atoms with Gasteiger partial charge >= 0.3 is 11.9 Å². The van der Waals surface area contributed by atoms with Crippen LogP contribution >= 0.6 is 0 Å². The smallest absolute Gasteiger partial charge is 0.318 e. The predicted octanol–water partition coefficient (Wildman–Crippen LogP) is 1.45. The number of fused-ring (bicyclic) bond motifs is 5. The quantitative estimate of drug-likeness (QED) is 0.341. The second-order valence-corrected chi connectivity index (χ2v) is 4.68. The van der Waals surface area contributed by atoms with Gasteiger partial charge in [0.15, 0.2) is 0 Å². The summed E-state index contributed by atoms with van der Waals surface area (Å²) in [4.78, 5) is 23.0. The molecule has 3 heteroatoms. The van der Waals surface area contributed by atoms with Gasteiger partial charge in [-0.05, 0) is 13.8 Å². The van der Waals surface area contributed by atoms with Gasteiger partial charge in [-0.2, -0.15) is 0 Å². The summed E-state index contributed by atoms with van der Waals surface area (Å²) in [7, 11) is 0. The molecular weight excluding hydrogens is 192 g/mol. The number of esters is 2. The van der Waals surface area contributed by atoms with Gasteiger partial charge in [0.05, 0.1) is 11.8 Å². The summed E-state index contributed by atoms with van der Waals surface area (Å²) in [6.45, 7) is 4.08. The molecule has 0 radical (unpaired) electrons. The van der Waals surface area contributed by atoms with Crippen LogP contribution in [-0.4, -0.2) is 11.9 Å². The van der Waals surface area contributed by atoms with E-state index in [0.29, 0.717) is 0 Å². The van der Waals surface area contributed by atoms with Crippen molar-refractivity contribution in [2.45, 2.75) is 13.8 Å². The molecule has 1 aliphatic heterocycles. The Morgan fingerprint density at radius 3 is 1.93 bits per heavy atom. The molecule has 1 saturated heterocycles. The summed E-state index contributed by atoms with van der Waals surface area (Å²) in [6, 6.07) is 0.